The zero-order chi connectivity index (χ0) is 13.1. The summed E-state index contributed by atoms with van der Waals surface area (Å²) in [7, 11) is 3.10. The van der Waals surface area contributed by atoms with Gasteiger partial charge in [0.1, 0.15) is 5.71 Å². The van der Waals surface area contributed by atoms with Crippen LogP contribution in [0.15, 0.2) is 4.99 Å². The summed E-state index contributed by atoms with van der Waals surface area (Å²) < 4.78 is 16.0. The molecule has 0 spiro atoms. The first kappa shape index (κ1) is 14.3. The molecule has 0 radical (unpaired) electrons. The third kappa shape index (κ3) is 3.12. The van der Waals surface area contributed by atoms with E-state index in [-0.39, 0.29) is 12.5 Å². The van der Waals surface area contributed by atoms with E-state index in [0.29, 0.717) is 18.7 Å². The standard InChI is InChI=1S/C12H21NO4/c1-11(2,3)10(14)13-9-8-17-7-6-12(9,15-4)16-5/h6-8H2,1-5H3. The van der Waals surface area contributed by atoms with Crippen molar-refractivity contribution in [3.63, 3.8) is 0 Å². The topological polar surface area (TPSA) is 57.1 Å². The fourth-order valence-corrected chi connectivity index (χ4v) is 1.56. The highest BCUT2D eigenvalue weighted by Crippen LogP contribution is 2.25. The second-order valence-electron chi connectivity index (χ2n) is 5.08. The van der Waals surface area contributed by atoms with Gasteiger partial charge in [-0.3, -0.25) is 4.79 Å². The molecule has 5 heteroatoms. The van der Waals surface area contributed by atoms with E-state index in [2.05, 4.69) is 4.99 Å². The normalized spacial score (nSPS) is 22.8. The summed E-state index contributed by atoms with van der Waals surface area (Å²) in [5, 5.41) is 0. The number of carbonyl (C=O) groups excluding carboxylic acids is 1. The molecule has 98 valence electrons. The lowest BCUT2D eigenvalue weighted by Gasteiger charge is -2.35. The molecule has 1 amide bonds. The lowest BCUT2D eigenvalue weighted by Crippen LogP contribution is -2.50. The van der Waals surface area contributed by atoms with Gasteiger partial charge in [-0.1, -0.05) is 20.8 Å². The van der Waals surface area contributed by atoms with Crippen LogP contribution >= 0.6 is 0 Å². The molecule has 1 aliphatic rings. The minimum Gasteiger partial charge on any atom is -0.375 e. The summed E-state index contributed by atoms with van der Waals surface area (Å²) in [4.78, 5) is 16.0. The van der Waals surface area contributed by atoms with Crippen LogP contribution in [0.5, 0.6) is 0 Å². The van der Waals surface area contributed by atoms with Crippen molar-refractivity contribution in [1.29, 1.82) is 0 Å². The van der Waals surface area contributed by atoms with Crippen LogP contribution in [0.3, 0.4) is 0 Å². The van der Waals surface area contributed by atoms with E-state index in [9.17, 15) is 4.79 Å². The molecular formula is C12H21NO4. The molecule has 0 aliphatic carbocycles. The van der Waals surface area contributed by atoms with Gasteiger partial charge in [-0.25, -0.2) is 4.99 Å². The Labute approximate surface area is 102 Å². The molecule has 0 saturated carbocycles. The van der Waals surface area contributed by atoms with E-state index >= 15 is 0 Å². The molecule has 1 saturated heterocycles. The van der Waals surface area contributed by atoms with Gasteiger partial charge in [0.2, 0.25) is 5.79 Å². The lowest BCUT2D eigenvalue weighted by atomic mass is 9.95. The maximum atomic E-state index is 11.9. The molecular weight excluding hydrogens is 222 g/mol. The van der Waals surface area contributed by atoms with E-state index in [0.717, 1.165) is 0 Å². The van der Waals surface area contributed by atoms with Gasteiger partial charge in [0, 0.05) is 26.1 Å². The Morgan fingerprint density at radius 1 is 1.35 bits per heavy atom. The van der Waals surface area contributed by atoms with Gasteiger partial charge >= 0.3 is 0 Å². The number of hydrogen-bond acceptors (Lipinski definition) is 4. The largest absolute Gasteiger partial charge is 0.375 e. The predicted molar refractivity (Wildman–Crippen MR) is 64.1 cm³/mol. The summed E-state index contributed by atoms with van der Waals surface area (Å²) in [6.45, 7) is 6.27. The van der Waals surface area contributed by atoms with Crippen LogP contribution in [0.25, 0.3) is 0 Å². The quantitative estimate of drug-likeness (QED) is 0.688. The Morgan fingerprint density at radius 2 is 1.94 bits per heavy atom. The van der Waals surface area contributed by atoms with Crippen molar-refractivity contribution in [2.75, 3.05) is 27.4 Å². The highest BCUT2D eigenvalue weighted by molar-refractivity contribution is 6.02. The van der Waals surface area contributed by atoms with E-state index < -0.39 is 11.2 Å². The van der Waals surface area contributed by atoms with Crippen molar-refractivity contribution >= 4 is 11.6 Å². The Bertz CT molecular complexity index is 313. The van der Waals surface area contributed by atoms with Gasteiger partial charge in [-0.2, -0.15) is 0 Å². The molecule has 1 aliphatic heterocycles. The van der Waals surface area contributed by atoms with Crippen molar-refractivity contribution in [3.8, 4) is 0 Å². The maximum Gasteiger partial charge on any atom is 0.251 e. The molecule has 0 unspecified atom stereocenters. The molecule has 0 aromatic heterocycles. The average molecular weight is 243 g/mol. The third-order valence-electron chi connectivity index (χ3n) is 2.79. The average Bonchev–Trinajstić information content (AvgIpc) is 2.29. The Hall–Kier alpha value is -0.780. The number of ether oxygens (including phenoxy) is 3. The van der Waals surface area contributed by atoms with Gasteiger partial charge < -0.3 is 14.2 Å². The zero-order valence-electron chi connectivity index (χ0n) is 11.2. The number of amides is 1. The lowest BCUT2D eigenvalue weighted by molar-refractivity contribution is -0.177. The van der Waals surface area contributed by atoms with Crippen LogP contribution in [-0.2, 0) is 19.0 Å². The van der Waals surface area contributed by atoms with Crippen LogP contribution in [0.2, 0.25) is 0 Å². The molecule has 0 bridgehead atoms. The summed E-state index contributed by atoms with van der Waals surface area (Å²) in [5.74, 6) is -1.12. The minimum absolute atomic E-state index is 0.198. The van der Waals surface area contributed by atoms with Crippen molar-refractivity contribution in [1.82, 2.24) is 0 Å². The van der Waals surface area contributed by atoms with Gasteiger partial charge in [-0.15, -0.1) is 0 Å². The zero-order valence-corrected chi connectivity index (χ0v) is 11.2. The Morgan fingerprint density at radius 3 is 2.41 bits per heavy atom. The number of carbonyl (C=O) groups is 1. The molecule has 0 aromatic carbocycles. The maximum absolute atomic E-state index is 11.9. The van der Waals surface area contributed by atoms with Crippen LogP contribution in [0.1, 0.15) is 27.2 Å². The fraction of sp³-hybridized carbons (Fsp3) is 0.833. The van der Waals surface area contributed by atoms with Crippen molar-refractivity contribution in [2.24, 2.45) is 10.4 Å². The summed E-state index contributed by atoms with van der Waals surface area (Å²) in [5.41, 5.74) is -0.00817. The van der Waals surface area contributed by atoms with E-state index in [1.54, 1.807) is 14.2 Å². The van der Waals surface area contributed by atoms with Crippen LogP contribution in [-0.4, -0.2) is 44.8 Å². The van der Waals surface area contributed by atoms with Crippen LogP contribution < -0.4 is 0 Å². The highest BCUT2D eigenvalue weighted by Gasteiger charge is 2.40. The van der Waals surface area contributed by atoms with Crippen molar-refractivity contribution in [3.05, 3.63) is 0 Å². The molecule has 0 atom stereocenters. The molecule has 0 aromatic rings. The predicted octanol–water partition coefficient (Wildman–Crippen LogP) is 1.41. The number of nitrogens with zero attached hydrogens (tertiary/aromatic N) is 1. The van der Waals surface area contributed by atoms with Gasteiger partial charge in [0.15, 0.2) is 0 Å². The fourth-order valence-electron chi connectivity index (χ4n) is 1.56. The van der Waals surface area contributed by atoms with Crippen molar-refractivity contribution in [2.45, 2.75) is 33.0 Å². The number of methoxy groups -OCH3 is 2. The smallest absolute Gasteiger partial charge is 0.251 e. The van der Waals surface area contributed by atoms with Gasteiger partial charge in [0.25, 0.3) is 5.91 Å². The first-order valence-corrected chi connectivity index (χ1v) is 5.66. The van der Waals surface area contributed by atoms with Gasteiger partial charge in [-0.05, 0) is 0 Å². The van der Waals surface area contributed by atoms with Crippen LogP contribution in [0.4, 0.5) is 0 Å². The SMILES string of the molecule is COC1(OC)CCOCC1=NC(=O)C(C)(C)C. The van der Waals surface area contributed by atoms with E-state index in [4.69, 9.17) is 14.2 Å². The van der Waals surface area contributed by atoms with E-state index in [1.165, 1.54) is 0 Å². The number of hydrogen-bond donors (Lipinski definition) is 0. The summed E-state index contributed by atoms with van der Waals surface area (Å²) >= 11 is 0. The third-order valence-corrected chi connectivity index (χ3v) is 2.79. The monoisotopic (exact) mass is 243 g/mol. The molecule has 17 heavy (non-hydrogen) atoms. The minimum atomic E-state index is -0.918. The first-order chi connectivity index (χ1) is 7.85. The van der Waals surface area contributed by atoms with Crippen LogP contribution in [0, 0.1) is 5.41 Å². The highest BCUT2D eigenvalue weighted by atomic mass is 16.7. The number of aliphatic imine (C=N–C) groups is 1. The molecule has 1 fully saturated rings. The molecule has 0 N–H and O–H groups in total. The first-order valence-electron chi connectivity index (χ1n) is 5.66. The summed E-state index contributed by atoms with van der Waals surface area (Å²) in [6, 6.07) is 0. The molecule has 5 nitrogen and oxygen atoms in total. The van der Waals surface area contributed by atoms with Crippen molar-refractivity contribution < 1.29 is 19.0 Å². The number of rotatable bonds is 2. The second-order valence-corrected chi connectivity index (χ2v) is 5.08. The Kier molecular flexibility index (Phi) is 4.41. The van der Waals surface area contributed by atoms with Gasteiger partial charge in [0.05, 0.1) is 13.2 Å². The Balaban J connectivity index is 3.00. The summed E-state index contributed by atoms with van der Waals surface area (Å²) in [6.07, 6.45) is 0.538. The van der Waals surface area contributed by atoms with E-state index in [1.807, 2.05) is 20.8 Å². The molecule has 1 rings (SSSR count). The second kappa shape index (κ2) is 5.25. The molecule has 1 heterocycles.